The van der Waals surface area contributed by atoms with Gasteiger partial charge in [-0.15, -0.1) is 0 Å². The molecule has 1 aliphatic rings. The number of carbonyl (C=O) groups is 1. The van der Waals surface area contributed by atoms with E-state index >= 15 is 0 Å². The SMILES string of the molecule is Nc1cc(C(=O)N2Cc3ccccc3C2)c(F)cc1F. The number of nitrogens with two attached hydrogens (primary N) is 1. The van der Waals surface area contributed by atoms with Crippen molar-refractivity contribution < 1.29 is 13.6 Å². The van der Waals surface area contributed by atoms with Crippen molar-refractivity contribution in [2.24, 2.45) is 0 Å². The average molecular weight is 274 g/mol. The molecule has 2 aromatic carbocycles. The minimum Gasteiger partial charge on any atom is -0.396 e. The molecule has 3 nitrogen and oxygen atoms in total. The van der Waals surface area contributed by atoms with Crippen LogP contribution in [0, 0.1) is 11.6 Å². The van der Waals surface area contributed by atoms with Crippen LogP contribution < -0.4 is 5.73 Å². The molecule has 20 heavy (non-hydrogen) atoms. The average Bonchev–Trinajstić information content (AvgIpc) is 2.86. The number of amides is 1. The first-order chi connectivity index (χ1) is 9.56. The van der Waals surface area contributed by atoms with Gasteiger partial charge in [0.05, 0.1) is 11.3 Å². The van der Waals surface area contributed by atoms with Crippen molar-refractivity contribution in [1.82, 2.24) is 4.90 Å². The predicted octanol–water partition coefficient (Wildman–Crippen LogP) is 2.70. The van der Waals surface area contributed by atoms with Crippen LogP contribution in [0.4, 0.5) is 14.5 Å². The number of hydrogen-bond acceptors (Lipinski definition) is 2. The number of benzene rings is 2. The van der Waals surface area contributed by atoms with Gasteiger partial charge in [0, 0.05) is 19.2 Å². The minimum atomic E-state index is -0.891. The highest BCUT2D eigenvalue weighted by molar-refractivity contribution is 5.95. The maximum absolute atomic E-state index is 13.7. The fourth-order valence-electron chi connectivity index (χ4n) is 2.38. The van der Waals surface area contributed by atoms with E-state index in [1.807, 2.05) is 24.3 Å². The standard InChI is InChI=1S/C15H12F2N2O/c16-12-6-13(17)14(18)5-11(12)15(20)19-7-9-3-1-2-4-10(9)8-19/h1-6H,7-8,18H2. The monoisotopic (exact) mass is 274 g/mol. The molecular weight excluding hydrogens is 262 g/mol. The molecule has 0 atom stereocenters. The zero-order valence-corrected chi connectivity index (χ0v) is 10.6. The number of nitrogens with zero attached hydrogens (tertiary/aromatic N) is 1. The van der Waals surface area contributed by atoms with E-state index in [1.165, 1.54) is 4.90 Å². The first-order valence-corrected chi connectivity index (χ1v) is 6.17. The molecule has 0 bridgehead atoms. The quantitative estimate of drug-likeness (QED) is 0.813. The van der Waals surface area contributed by atoms with Gasteiger partial charge in [-0.3, -0.25) is 4.79 Å². The Kier molecular flexibility index (Phi) is 2.89. The van der Waals surface area contributed by atoms with Gasteiger partial charge < -0.3 is 10.6 Å². The van der Waals surface area contributed by atoms with Crippen molar-refractivity contribution in [3.63, 3.8) is 0 Å². The molecule has 0 spiro atoms. The van der Waals surface area contributed by atoms with Crippen molar-refractivity contribution in [3.05, 3.63) is 64.7 Å². The van der Waals surface area contributed by atoms with Gasteiger partial charge in [0.15, 0.2) is 0 Å². The summed E-state index contributed by atoms with van der Waals surface area (Å²) in [5.41, 5.74) is 7.05. The van der Waals surface area contributed by atoms with Crippen LogP contribution in [0.15, 0.2) is 36.4 Å². The fraction of sp³-hybridized carbons (Fsp3) is 0.133. The molecule has 3 rings (SSSR count). The van der Waals surface area contributed by atoms with Gasteiger partial charge in [-0.1, -0.05) is 24.3 Å². The summed E-state index contributed by atoms with van der Waals surface area (Å²) in [6, 6.07) is 9.34. The molecule has 1 aliphatic heterocycles. The molecule has 0 unspecified atom stereocenters. The molecule has 1 amide bonds. The maximum atomic E-state index is 13.7. The van der Waals surface area contributed by atoms with Gasteiger partial charge in [-0.2, -0.15) is 0 Å². The highest BCUT2D eigenvalue weighted by atomic mass is 19.1. The molecule has 0 radical (unpaired) electrons. The third-order valence-electron chi connectivity index (χ3n) is 3.44. The smallest absolute Gasteiger partial charge is 0.257 e. The third-order valence-corrected chi connectivity index (χ3v) is 3.44. The number of nitrogen functional groups attached to an aromatic ring is 1. The first-order valence-electron chi connectivity index (χ1n) is 6.17. The summed E-state index contributed by atoms with van der Waals surface area (Å²) in [4.78, 5) is 13.8. The molecule has 1 heterocycles. The van der Waals surface area contributed by atoms with Gasteiger partial charge in [-0.05, 0) is 17.2 Å². The van der Waals surface area contributed by atoms with Gasteiger partial charge in [0.2, 0.25) is 0 Å². The molecular formula is C15H12F2N2O. The normalized spacial score (nSPS) is 13.4. The summed E-state index contributed by atoms with van der Waals surface area (Å²) < 4.78 is 26.8. The number of carbonyl (C=O) groups excluding carboxylic acids is 1. The first kappa shape index (κ1) is 12.6. The molecule has 2 aromatic rings. The molecule has 5 heteroatoms. The van der Waals surface area contributed by atoms with Crippen molar-refractivity contribution in [2.75, 3.05) is 5.73 Å². The van der Waals surface area contributed by atoms with Crippen LogP contribution in [-0.2, 0) is 13.1 Å². The number of fused-ring (bicyclic) bond motifs is 1. The Morgan fingerprint density at radius 3 is 2.25 bits per heavy atom. The van der Waals surface area contributed by atoms with E-state index in [0.29, 0.717) is 19.2 Å². The Hall–Kier alpha value is -2.43. The highest BCUT2D eigenvalue weighted by Crippen LogP contribution is 2.26. The second kappa shape index (κ2) is 4.59. The van der Waals surface area contributed by atoms with Crippen molar-refractivity contribution in [2.45, 2.75) is 13.1 Å². The van der Waals surface area contributed by atoms with Gasteiger partial charge in [0.25, 0.3) is 5.91 Å². The number of anilines is 1. The van der Waals surface area contributed by atoms with Crippen LogP contribution in [0.3, 0.4) is 0 Å². The fourth-order valence-corrected chi connectivity index (χ4v) is 2.38. The van der Waals surface area contributed by atoms with E-state index in [1.54, 1.807) is 0 Å². The summed E-state index contributed by atoms with van der Waals surface area (Å²) >= 11 is 0. The van der Waals surface area contributed by atoms with Gasteiger partial charge in [-0.25, -0.2) is 8.78 Å². The maximum Gasteiger partial charge on any atom is 0.257 e. The predicted molar refractivity (Wildman–Crippen MR) is 70.8 cm³/mol. The lowest BCUT2D eigenvalue weighted by Gasteiger charge is -2.16. The van der Waals surface area contributed by atoms with Crippen molar-refractivity contribution >= 4 is 11.6 Å². The lowest BCUT2D eigenvalue weighted by atomic mass is 10.1. The lowest BCUT2D eigenvalue weighted by molar-refractivity contribution is 0.0746. The molecule has 102 valence electrons. The number of rotatable bonds is 1. The number of halogens is 2. The van der Waals surface area contributed by atoms with Crippen molar-refractivity contribution in [1.29, 1.82) is 0 Å². The van der Waals surface area contributed by atoms with Crippen LogP contribution in [0.2, 0.25) is 0 Å². The Morgan fingerprint density at radius 2 is 1.65 bits per heavy atom. The zero-order valence-electron chi connectivity index (χ0n) is 10.6. The van der Waals surface area contributed by atoms with E-state index in [0.717, 1.165) is 17.2 Å². The van der Waals surface area contributed by atoms with Crippen LogP contribution in [-0.4, -0.2) is 10.8 Å². The summed E-state index contributed by atoms with van der Waals surface area (Å²) in [5, 5.41) is 0. The van der Waals surface area contributed by atoms with E-state index in [4.69, 9.17) is 5.73 Å². The Labute approximate surface area is 114 Å². The molecule has 2 N–H and O–H groups in total. The lowest BCUT2D eigenvalue weighted by Crippen LogP contribution is -2.26. The van der Waals surface area contributed by atoms with Gasteiger partial charge >= 0.3 is 0 Å². The highest BCUT2D eigenvalue weighted by Gasteiger charge is 2.26. The van der Waals surface area contributed by atoms with E-state index in [9.17, 15) is 13.6 Å². The largest absolute Gasteiger partial charge is 0.396 e. The van der Waals surface area contributed by atoms with Gasteiger partial charge in [0.1, 0.15) is 11.6 Å². The zero-order chi connectivity index (χ0) is 14.3. The van der Waals surface area contributed by atoms with E-state index in [2.05, 4.69) is 0 Å². The second-order valence-electron chi connectivity index (χ2n) is 4.78. The van der Waals surface area contributed by atoms with Crippen molar-refractivity contribution in [3.8, 4) is 0 Å². The molecule has 0 aliphatic carbocycles. The van der Waals surface area contributed by atoms with Crippen LogP contribution in [0.5, 0.6) is 0 Å². The minimum absolute atomic E-state index is 0.197. The number of hydrogen-bond donors (Lipinski definition) is 1. The summed E-state index contributed by atoms with van der Waals surface area (Å²) in [6.07, 6.45) is 0. The molecule has 0 saturated heterocycles. The van der Waals surface area contributed by atoms with E-state index < -0.39 is 17.5 Å². The van der Waals surface area contributed by atoms with Crippen LogP contribution >= 0.6 is 0 Å². The Morgan fingerprint density at radius 1 is 1.05 bits per heavy atom. The molecule has 0 aromatic heterocycles. The van der Waals surface area contributed by atoms with Crippen LogP contribution in [0.25, 0.3) is 0 Å². The topological polar surface area (TPSA) is 46.3 Å². The third kappa shape index (κ3) is 2.01. The molecule has 0 saturated carbocycles. The summed E-state index contributed by atoms with van der Waals surface area (Å²) in [7, 11) is 0. The second-order valence-corrected chi connectivity index (χ2v) is 4.78. The van der Waals surface area contributed by atoms with E-state index in [-0.39, 0.29) is 11.3 Å². The summed E-state index contributed by atoms with van der Waals surface area (Å²) in [6.45, 7) is 0.845. The Bertz CT molecular complexity index is 675. The molecule has 0 fully saturated rings. The van der Waals surface area contributed by atoms with Crippen LogP contribution in [0.1, 0.15) is 21.5 Å². The summed E-state index contributed by atoms with van der Waals surface area (Å²) in [5.74, 6) is -2.23. The Balaban J connectivity index is 1.90.